The topological polar surface area (TPSA) is 9.23 Å². The minimum atomic E-state index is -0.171. The van der Waals surface area contributed by atoms with Crippen molar-refractivity contribution in [2.24, 2.45) is 0 Å². The predicted octanol–water partition coefficient (Wildman–Crippen LogP) is 5.24. The van der Waals surface area contributed by atoms with Crippen molar-refractivity contribution in [2.45, 2.75) is 25.6 Å². The zero-order valence-corrected chi connectivity index (χ0v) is 13.7. The Morgan fingerprint density at radius 2 is 1.50 bits per heavy atom. The molecule has 0 spiro atoms. The molecule has 2 aromatic rings. The third kappa shape index (κ3) is 2.88. The number of benzene rings is 2. The first-order chi connectivity index (χ1) is 9.43. The summed E-state index contributed by atoms with van der Waals surface area (Å²) >= 11 is 3.70. The predicted molar refractivity (Wildman–Crippen MR) is 84.4 cm³/mol. The van der Waals surface area contributed by atoms with Crippen LogP contribution in [0.5, 0.6) is 5.75 Å². The number of methoxy groups -OCH3 is 1. The van der Waals surface area contributed by atoms with Gasteiger partial charge in [-0.05, 0) is 54.7 Å². The summed E-state index contributed by atoms with van der Waals surface area (Å²) in [4.78, 5) is 0.0464. The lowest BCUT2D eigenvalue weighted by Gasteiger charge is -2.16. The van der Waals surface area contributed by atoms with E-state index in [9.17, 15) is 4.39 Å². The second kappa shape index (κ2) is 5.96. The lowest BCUT2D eigenvalue weighted by atomic mass is 9.98. The first-order valence-corrected chi connectivity index (χ1v) is 7.41. The Labute approximate surface area is 127 Å². The minimum Gasteiger partial charge on any atom is -0.496 e. The molecule has 2 aromatic carbocycles. The molecule has 1 unspecified atom stereocenters. The Bertz CT molecular complexity index is 614. The van der Waals surface area contributed by atoms with Crippen LogP contribution in [0, 0.1) is 26.6 Å². The molecule has 0 aromatic heterocycles. The van der Waals surface area contributed by atoms with Crippen LogP contribution in [0.1, 0.15) is 32.6 Å². The Hall–Kier alpha value is -1.35. The molecule has 0 fully saturated rings. The highest BCUT2D eigenvalue weighted by atomic mass is 79.9. The van der Waals surface area contributed by atoms with Crippen molar-refractivity contribution in [1.82, 2.24) is 0 Å². The van der Waals surface area contributed by atoms with Crippen molar-refractivity contribution in [3.63, 3.8) is 0 Å². The van der Waals surface area contributed by atoms with E-state index in [1.165, 1.54) is 6.07 Å². The van der Waals surface area contributed by atoms with E-state index < -0.39 is 0 Å². The molecule has 1 nitrogen and oxygen atoms in total. The standard InChI is InChI=1S/C17H18BrFO/c1-10-7-13(5-6-15(10)19)16(18)14-8-11(2)17(20-4)12(3)9-14/h5-9,16H,1-4H3. The summed E-state index contributed by atoms with van der Waals surface area (Å²) in [6, 6.07) is 9.41. The van der Waals surface area contributed by atoms with Crippen LogP contribution in [-0.2, 0) is 0 Å². The van der Waals surface area contributed by atoms with Crippen LogP contribution in [0.15, 0.2) is 30.3 Å². The highest BCUT2D eigenvalue weighted by Crippen LogP contribution is 2.35. The maximum Gasteiger partial charge on any atom is 0.126 e. The molecule has 0 saturated carbocycles. The Kier molecular flexibility index (Phi) is 4.48. The van der Waals surface area contributed by atoms with Crippen LogP contribution in [0.3, 0.4) is 0 Å². The van der Waals surface area contributed by atoms with Gasteiger partial charge in [-0.1, -0.05) is 40.2 Å². The molecule has 0 bridgehead atoms. The maximum atomic E-state index is 13.4. The first-order valence-electron chi connectivity index (χ1n) is 6.49. The van der Waals surface area contributed by atoms with Crippen LogP contribution in [0.4, 0.5) is 4.39 Å². The summed E-state index contributed by atoms with van der Waals surface area (Å²) in [6.07, 6.45) is 0. The zero-order valence-electron chi connectivity index (χ0n) is 12.1. The van der Waals surface area contributed by atoms with E-state index in [1.807, 2.05) is 26.0 Å². The van der Waals surface area contributed by atoms with Crippen LogP contribution in [-0.4, -0.2) is 7.11 Å². The van der Waals surface area contributed by atoms with Crippen molar-refractivity contribution in [3.05, 3.63) is 64.0 Å². The van der Waals surface area contributed by atoms with Gasteiger partial charge < -0.3 is 4.74 Å². The quantitative estimate of drug-likeness (QED) is 0.696. The van der Waals surface area contributed by atoms with Gasteiger partial charge in [-0.2, -0.15) is 0 Å². The van der Waals surface area contributed by atoms with Crippen molar-refractivity contribution < 1.29 is 9.13 Å². The van der Waals surface area contributed by atoms with Crippen molar-refractivity contribution in [2.75, 3.05) is 7.11 Å². The largest absolute Gasteiger partial charge is 0.496 e. The number of rotatable bonds is 3. The van der Waals surface area contributed by atoms with Crippen molar-refractivity contribution in [3.8, 4) is 5.75 Å². The molecule has 20 heavy (non-hydrogen) atoms. The molecule has 0 aliphatic carbocycles. The van der Waals surface area contributed by atoms with Gasteiger partial charge in [0.2, 0.25) is 0 Å². The molecule has 0 radical (unpaired) electrons. The molecule has 0 heterocycles. The molecule has 0 saturated heterocycles. The molecule has 106 valence electrons. The van der Waals surface area contributed by atoms with Crippen molar-refractivity contribution in [1.29, 1.82) is 0 Å². The zero-order chi connectivity index (χ0) is 14.9. The first kappa shape index (κ1) is 15.0. The van der Waals surface area contributed by atoms with Crippen LogP contribution < -0.4 is 4.74 Å². The van der Waals surface area contributed by atoms with E-state index in [0.717, 1.165) is 28.0 Å². The second-order valence-electron chi connectivity index (χ2n) is 5.06. The van der Waals surface area contributed by atoms with Crippen LogP contribution in [0.2, 0.25) is 0 Å². The SMILES string of the molecule is COc1c(C)cc(C(Br)c2ccc(F)c(C)c2)cc1C. The summed E-state index contributed by atoms with van der Waals surface area (Å²) in [5, 5.41) is 0. The average molecular weight is 337 g/mol. The highest BCUT2D eigenvalue weighted by molar-refractivity contribution is 9.09. The summed E-state index contributed by atoms with van der Waals surface area (Å²) in [6.45, 7) is 5.85. The van der Waals surface area contributed by atoms with Crippen LogP contribution in [0.25, 0.3) is 0 Å². The fourth-order valence-electron chi connectivity index (χ4n) is 2.47. The fourth-order valence-corrected chi connectivity index (χ4v) is 3.02. The molecular formula is C17H18BrFO. The molecule has 2 rings (SSSR count). The smallest absolute Gasteiger partial charge is 0.126 e. The van der Waals surface area contributed by atoms with Gasteiger partial charge in [0.1, 0.15) is 11.6 Å². The number of hydrogen-bond acceptors (Lipinski definition) is 1. The Balaban J connectivity index is 2.42. The van der Waals surface area contributed by atoms with Gasteiger partial charge in [0, 0.05) is 0 Å². The van der Waals surface area contributed by atoms with E-state index in [4.69, 9.17) is 4.74 Å². The van der Waals surface area contributed by atoms with Gasteiger partial charge >= 0.3 is 0 Å². The maximum absolute atomic E-state index is 13.4. The number of hydrogen-bond donors (Lipinski definition) is 0. The summed E-state index contributed by atoms with van der Waals surface area (Å²) < 4.78 is 18.7. The van der Waals surface area contributed by atoms with Crippen LogP contribution >= 0.6 is 15.9 Å². The lowest BCUT2D eigenvalue weighted by molar-refractivity contribution is 0.408. The Morgan fingerprint density at radius 3 is 2.00 bits per heavy atom. The monoisotopic (exact) mass is 336 g/mol. The number of alkyl halides is 1. The molecule has 0 aliphatic rings. The summed E-state index contributed by atoms with van der Waals surface area (Å²) in [7, 11) is 1.68. The van der Waals surface area contributed by atoms with Gasteiger partial charge in [-0.3, -0.25) is 0 Å². The van der Waals surface area contributed by atoms with Gasteiger partial charge in [0.25, 0.3) is 0 Å². The van der Waals surface area contributed by atoms with E-state index in [-0.39, 0.29) is 10.6 Å². The molecule has 3 heteroatoms. The molecule has 0 aliphatic heterocycles. The number of ether oxygens (including phenoxy) is 1. The third-order valence-corrected chi connectivity index (χ3v) is 4.51. The summed E-state index contributed by atoms with van der Waals surface area (Å²) in [5.41, 5.74) is 5.06. The van der Waals surface area contributed by atoms with E-state index in [2.05, 4.69) is 28.1 Å². The molecular weight excluding hydrogens is 319 g/mol. The normalized spacial score (nSPS) is 12.3. The molecule has 0 N–H and O–H groups in total. The highest BCUT2D eigenvalue weighted by Gasteiger charge is 2.14. The van der Waals surface area contributed by atoms with E-state index in [1.54, 1.807) is 14.0 Å². The van der Waals surface area contributed by atoms with Gasteiger partial charge in [-0.15, -0.1) is 0 Å². The third-order valence-electron chi connectivity index (χ3n) is 3.45. The minimum absolute atomic E-state index is 0.0464. The Morgan fingerprint density at radius 1 is 0.950 bits per heavy atom. The lowest BCUT2D eigenvalue weighted by Crippen LogP contribution is -1.98. The van der Waals surface area contributed by atoms with Crippen molar-refractivity contribution >= 4 is 15.9 Å². The molecule has 1 atom stereocenters. The van der Waals surface area contributed by atoms with Gasteiger partial charge in [0.15, 0.2) is 0 Å². The number of halogens is 2. The van der Waals surface area contributed by atoms with Gasteiger partial charge in [0.05, 0.1) is 11.9 Å². The van der Waals surface area contributed by atoms with E-state index >= 15 is 0 Å². The second-order valence-corrected chi connectivity index (χ2v) is 5.97. The fraction of sp³-hybridized carbons (Fsp3) is 0.294. The number of aryl methyl sites for hydroxylation is 3. The van der Waals surface area contributed by atoms with E-state index in [0.29, 0.717) is 5.56 Å². The molecule has 0 amide bonds. The van der Waals surface area contributed by atoms with Gasteiger partial charge in [-0.25, -0.2) is 4.39 Å². The average Bonchev–Trinajstić information content (AvgIpc) is 2.40. The summed E-state index contributed by atoms with van der Waals surface area (Å²) in [5.74, 6) is 0.749.